The summed E-state index contributed by atoms with van der Waals surface area (Å²) < 4.78 is 1.70. The van der Waals surface area contributed by atoms with E-state index < -0.39 is 0 Å². The van der Waals surface area contributed by atoms with Crippen molar-refractivity contribution in [3.8, 4) is 0 Å². The molecule has 1 aromatic heterocycles. The summed E-state index contributed by atoms with van der Waals surface area (Å²) >= 11 is 0. The summed E-state index contributed by atoms with van der Waals surface area (Å²) in [6, 6.07) is 3.65. The molecule has 5 heteroatoms. The minimum atomic E-state index is -0.118. The first-order valence-electron chi connectivity index (χ1n) is 6.10. The second-order valence-corrected chi connectivity index (χ2v) is 4.73. The number of carbonyl (C=O) groups is 1. The number of anilines is 1. The number of amides is 1. The maximum absolute atomic E-state index is 12.1. The zero-order chi connectivity index (χ0) is 14.0. The van der Waals surface area contributed by atoms with Gasteiger partial charge in [0.25, 0.3) is 5.91 Å². The van der Waals surface area contributed by atoms with Crippen LogP contribution in [0.3, 0.4) is 0 Å². The largest absolute Gasteiger partial charge is 0.398 e. The van der Waals surface area contributed by atoms with Crippen LogP contribution in [0.25, 0.3) is 0 Å². The van der Waals surface area contributed by atoms with E-state index in [1.165, 1.54) is 0 Å². The second kappa shape index (κ2) is 5.14. The number of hydrogen-bond donors (Lipinski definition) is 2. The highest BCUT2D eigenvalue weighted by Gasteiger charge is 2.11. The lowest BCUT2D eigenvalue weighted by atomic mass is 10.0. The SMILES string of the molecule is Cc1cc(C)c(C(=O)NCc2cnn(C)c2)cc1N. The lowest BCUT2D eigenvalue weighted by molar-refractivity contribution is 0.0950. The van der Waals surface area contributed by atoms with Gasteiger partial charge in [0, 0.05) is 36.6 Å². The molecule has 2 rings (SSSR count). The van der Waals surface area contributed by atoms with Crippen molar-refractivity contribution in [3.63, 3.8) is 0 Å². The van der Waals surface area contributed by atoms with Gasteiger partial charge in [0.05, 0.1) is 6.20 Å². The van der Waals surface area contributed by atoms with Crippen LogP contribution in [0.1, 0.15) is 27.0 Å². The monoisotopic (exact) mass is 258 g/mol. The van der Waals surface area contributed by atoms with Gasteiger partial charge in [-0.05, 0) is 31.0 Å². The van der Waals surface area contributed by atoms with Crippen molar-refractivity contribution in [2.45, 2.75) is 20.4 Å². The molecule has 0 unspecified atom stereocenters. The van der Waals surface area contributed by atoms with Crippen molar-refractivity contribution in [2.24, 2.45) is 7.05 Å². The molecule has 0 aliphatic heterocycles. The Bertz CT molecular complexity index is 616. The molecule has 2 aromatic rings. The van der Waals surface area contributed by atoms with Gasteiger partial charge in [-0.2, -0.15) is 5.10 Å². The summed E-state index contributed by atoms with van der Waals surface area (Å²) in [6.07, 6.45) is 3.60. The van der Waals surface area contributed by atoms with Crippen molar-refractivity contribution in [3.05, 3.63) is 46.8 Å². The minimum Gasteiger partial charge on any atom is -0.398 e. The van der Waals surface area contributed by atoms with Gasteiger partial charge in [0.15, 0.2) is 0 Å². The van der Waals surface area contributed by atoms with Crippen molar-refractivity contribution in [2.75, 3.05) is 5.73 Å². The standard InChI is InChI=1S/C14H18N4O/c1-9-4-10(2)13(15)5-12(9)14(19)16-6-11-7-17-18(3)8-11/h4-5,7-8H,6,15H2,1-3H3,(H,16,19). The summed E-state index contributed by atoms with van der Waals surface area (Å²) in [5.41, 5.74) is 9.98. The quantitative estimate of drug-likeness (QED) is 0.820. The van der Waals surface area contributed by atoms with E-state index in [0.717, 1.165) is 16.7 Å². The number of benzene rings is 1. The molecule has 1 aromatic carbocycles. The van der Waals surface area contributed by atoms with Crippen LogP contribution in [0.5, 0.6) is 0 Å². The Kier molecular flexibility index (Phi) is 3.55. The van der Waals surface area contributed by atoms with E-state index in [0.29, 0.717) is 17.8 Å². The maximum atomic E-state index is 12.1. The third-order valence-corrected chi connectivity index (χ3v) is 3.07. The Hall–Kier alpha value is -2.30. The van der Waals surface area contributed by atoms with E-state index in [4.69, 9.17) is 5.73 Å². The first-order valence-corrected chi connectivity index (χ1v) is 6.10. The van der Waals surface area contributed by atoms with Gasteiger partial charge in [-0.15, -0.1) is 0 Å². The van der Waals surface area contributed by atoms with Gasteiger partial charge in [-0.1, -0.05) is 6.07 Å². The number of rotatable bonds is 3. The fourth-order valence-corrected chi connectivity index (χ4v) is 1.95. The van der Waals surface area contributed by atoms with Gasteiger partial charge in [-0.3, -0.25) is 9.48 Å². The second-order valence-electron chi connectivity index (χ2n) is 4.73. The van der Waals surface area contributed by atoms with Gasteiger partial charge in [0.1, 0.15) is 0 Å². The van der Waals surface area contributed by atoms with Crippen molar-refractivity contribution >= 4 is 11.6 Å². The van der Waals surface area contributed by atoms with E-state index in [1.54, 1.807) is 16.9 Å². The lowest BCUT2D eigenvalue weighted by Crippen LogP contribution is -2.23. The summed E-state index contributed by atoms with van der Waals surface area (Å²) in [5.74, 6) is -0.118. The van der Waals surface area contributed by atoms with E-state index in [9.17, 15) is 4.79 Å². The molecule has 0 aliphatic carbocycles. The molecule has 19 heavy (non-hydrogen) atoms. The Morgan fingerprint density at radius 3 is 2.74 bits per heavy atom. The van der Waals surface area contributed by atoms with Crippen LogP contribution in [0, 0.1) is 13.8 Å². The number of hydrogen-bond acceptors (Lipinski definition) is 3. The molecule has 0 bridgehead atoms. The molecular weight excluding hydrogens is 240 g/mol. The van der Waals surface area contributed by atoms with E-state index in [1.807, 2.05) is 33.2 Å². The third kappa shape index (κ3) is 2.93. The predicted molar refractivity (Wildman–Crippen MR) is 74.7 cm³/mol. The first-order chi connectivity index (χ1) is 8.97. The van der Waals surface area contributed by atoms with Crippen LogP contribution >= 0.6 is 0 Å². The summed E-state index contributed by atoms with van der Waals surface area (Å²) in [7, 11) is 1.84. The van der Waals surface area contributed by atoms with Gasteiger partial charge < -0.3 is 11.1 Å². The fraction of sp³-hybridized carbons (Fsp3) is 0.286. The molecule has 0 fully saturated rings. The molecule has 3 N–H and O–H groups in total. The highest BCUT2D eigenvalue weighted by molar-refractivity contribution is 5.96. The predicted octanol–water partition coefficient (Wildman–Crippen LogP) is 1.55. The number of nitrogens with one attached hydrogen (secondary N) is 1. The third-order valence-electron chi connectivity index (χ3n) is 3.07. The van der Waals surface area contributed by atoms with Crippen molar-refractivity contribution in [1.29, 1.82) is 0 Å². The molecular formula is C14H18N4O. The molecule has 0 aliphatic rings. The van der Waals surface area contributed by atoms with E-state index in [-0.39, 0.29) is 5.91 Å². The molecule has 0 spiro atoms. The number of aromatic nitrogens is 2. The van der Waals surface area contributed by atoms with Crippen LogP contribution in [-0.4, -0.2) is 15.7 Å². The number of nitrogen functional groups attached to an aromatic ring is 1. The first kappa shape index (κ1) is 13.1. The van der Waals surface area contributed by atoms with Crippen LogP contribution in [0.2, 0.25) is 0 Å². The molecule has 5 nitrogen and oxygen atoms in total. The average Bonchev–Trinajstić information content (AvgIpc) is 2.77. The number of aryl methyl sites for hydroxylation is 3. The molecule has 0 saturated carbocycles. The van der Waals surface area contributed by atoms with E-state index >= 15 is 0 Å². The minimum absolute atomic E-state index is 0.118. The zero-order valence-corrected chi connectivity index (χ0v) is 11.4. The molecule has 0 saturated heterocycles. The van der Waals surface area contributed by atoms with Gasteiger partial charge in [0.2, 0.25) is 0 Å². The number of carbonyl (C=O) groups excluding carboxylic acids is 1. The van der Waals surface area contributed by atoms with E-state index in [2.05, 4.69) is 10.4 Å². The molecule has 0 atom stereocenters. The van der Waals surface area contributed by atoms with Crippen LogP contribution in [0.4, 0.5) is 5.69 Å². The topological polar surface area (TPSA) is 72.9 Å². The molecule has 100 valence electrons. The average molecular weight is 258 g/mol. The van der Waals surface area contributed by atoms with Crippen LogP contribution in [0.15, 0.2) is 24.5 Å². The normalized spacial score (nSPS) is 10.5. The highest BCUT2D eigenvalue weighted by atomic mass is 16.1. The lowest BCUT2D eigenvalue weighted by Gasteiger charge is -2.09. The zero-order valence-electron chi connectivity index (χ0n) is 11.4. The Labute approximate surface area is 112 Å². The van der Waals surface area contributed by atoms with Crippen molar-refractivity contribution < 1.29 is 4.79 Å². The van der Waals surface area contributed by atoms with Gasteiger partial charge in [-0.25, -0.2) is 0 Å². The Balaban J connectivity index is 2.10. The smallest absolute Gasteiger partial charge is 0.251 e. The summed E-state index contributed by atoms with van der Waals surface area (Å²) in [5, 5.41) is 6.92. The summed E-state index contributed by atoms with van der Waals surface area (Å²) in [6.45, 7) is 4.30. The van der Waals surface area contributed by atoms with Gasteiger partial charge >= 0.3 is 0 Å². The molecule has 0 radical (unpaired) electrons. The summed E-state index contributed by atoms with van der Waals surface area (Å²) in [4.78, 5) is 12.1. The molecule has 1 amide bonds. The Morgan fingerprint density at radius 2 is 2.11 bits per heavy atom. The van der Waals surface area contributed by atoms with Crippen LogP contribution in [-0.2, 0) is 13.6 Å². The Morgan fingerprint density at radius 1 is 1.37 bits per heavy atom. The van der Waals surface area contributed by atoms with Crippen LogP contribution < -0.4 is 11.1 Å². The molecule has 1 heterocycles. The highest BCUT2D eigenvalue weighted by Crippen LogP contribution is 2.17. The van der Waals surface area contributed by atoms with Crippen molar-refractivity contribution in [1.82, 2.24) is 15.1 Å². The number of nitrogens with zero attached hydrogens (tertiary/aromatic N) is 2. The fourth-order valence-electron chi connectivity index (χ4n) is 1.95. The maximum Gasteiger partial charge on any atom is 0.251 e. The number of nitrogens with two attached hydrogens (primary N) is 1.